The van der Waals surface area contributed by atoms with Crippen molar-refractivity contribution in [2.75, 3.05) is 13.1 Å². The number of phenolic OH excluding ortho intramolecular Hbond substituents is 1. The lowest BCUT2D eigenvalue weighted by molar-refractivity contribution is -0.139. The molecule has 0 aromatic heterocycles. The number of esters is 1. The Labute approximate surface area is 138 Å². The van der Waals surface area contributed by atoms with E-state index in [4.69, 9.17) is 4.74 Å². The molecule has 22 heavy (non-hydrogen) atoms. The molecule has 1 heterocycles. The van der Waals surface area contributed by atoms with Crippen molar-refractivity contribution in [1.29, 1.82) is 0 Å². The van der Waals surface area contributed by atoms with Crippen LogP contribution in [0.25, 0.3) is 0 Å². The average molecular weight is 370 g/mol. The molecule has 0 radical (unpaired) electrons. The molecule has 5 nitrogen and oxygen atoms in total. The highest BCUT2D eigenvalue weighted by molar-refractivity contribution is 9.10. The predicted octanol–water partition coefficient (Wildman–Crippen LogP) is 3.10. The van der Waals surface area contributed by atoms with Crippen LogP contribution in [0.2, 0.25) is 0 Å². The van der Waals surface area contributed by atoms with Gasteiger partial charge in [0.15, 0.2) is 6.10 Å². The summed E-state index contributed by atoms with van der Waals surface area (Å²) in [6, 6.07) is 4.50. The van der Waals surface area contributed by atoms with Gasteiger partial charge in [-0.1, -0.05) is 28.8 Å². The summed E-state index contributed by atoms with van der Waals surface area (Å²) >= 11 is 3.24. The zero-order valence-electron chi connectivity index (χ0n) is 12.5. The second kappa shape index (κ2) is 7.63. The molecule has 1 aromatic carbocycles. The lowest BCUT2D eigenvalue weighted by Crippen LogP contribution is -2.40. The Balaban J connectivity index is 2.01. The van der Waals surface area contributed by atoms with Crippen LogP contribution >= 0.6 is 15.9 Å². The number of likely N-dealkylation sites (tertiary alicyclic amines) is 1. The molecule has 1 unspecified atom stereocenters. The molecule has 1 N–H and O–H groups in total. The molecular formula is C16H20BrNO4. The molecule has 0 aliphatic carbocycles. The van der Waals surface area contributed by atoms with Gasteiger partial charge in [0.05, 0.1) is 0 Å². The smallest absolute Gasteiger partial charge is 0.342 e. The molecule has 0 bridgehead atoms. The summed E-state index contributed by atoms with van der Waals surface area (Å²) in [5, 5.41) is 9.73. The number of rotatable bonds is 3. The zero-order chi connectivity index (χ0) is 16.1. The minimum Gasteiger partial charge on any atom is -0.507 e. The number of halogens is 1. The molecule has 2 rings (SSSR count). The van der Waals surface area contributed by atoms with Gasteiger partial charge in [0.25, 0.3) is 5.91 Å². The molecule has 120 valence electrons. The first-order chi connectivity index (χ1) is 10.5. The molecule has 0 spiro atoms. The van der Waals surface area contributed by atoms with E-state index in [0.717, 1.165) is 25.7 Å². The van der Waals surface area contributed by atoms with E-state index in [2.05, 4.69) is 15.9 Å². The Morgan fingerprint density at radius 3 is 2.50 bits per heavy atom. The second-order valence-electron chi connectivity index (χ2n) is 5.45. The fourth-order valence-electron chi connectivity index (χ4n) is 2.49. The fraction of sp³-hybridized carbons (Fsp3) is 0.500. The highest BCUT2D eigenvalue weighted by Gasteiger charge is 2.25. The molecule has 1 amide bonds. The third-order valence-corrected chi connectivity index (χ3v) is 4.22. The lowest BCUT2D eigenvalue weighted by Gasteiger charge is -2.24. The molecule has 1 fully saturated rings. The number of phenols is 1. The van der Waals surface area contributed by atoms with Gasteiger partial charge in [-0.15, -0.1) is 0 Å². The number of carbonyl (C=O) groups excluding carboxylic acids is 2. The van der Waals surface area contributed by atoms with Crippen LogP contribution in [-0.2, 0) is 9.53 Å². The van der Waals surface area contributed by atoms with Crippen LogP contribution in [0.5, 0.6) is 5.75 Å². The van der Waals surface area contributed by atoms with Crippen LogP contribution in [-0.4, -0.2) is 41.1 Å². The standard InChI is InChI=1S/C16H20BrNO4/c1-11(15(20)18-8-4-2-3-5-9-18)22-16(21)13-10-12(17)6-7-14(13)19/h6-7,10-11,19H,2-5,8-9H2,1H3. The van der Waals surface area contributed by atoms with E-state index >= 15 is 0 Å². The summed E-state index contributed by atoms with van der Waals surface area (Å²) in [6.45, 7) is 2.99. The SMILES string of the molecule is CC(OC(=O)c1cc(Br)ccc1O)C(=O)N1CCCCCC1. The van der Waals surface area contributed by atoms with Crippen LogP contribution in [0.4, 0.5) is 0 Å². The number of aromatic hydroxyl groups is 1. The number of benzene rings is 1. The first-order valence-electron chi connectivity index (χ1n) is 7.47. The van der Waals surface area contributed by atoms with Crippen LogP contribution < -0.4 is 0 Å². The number of amides is 1. The van der Waals surface area contributed by atoms with Crippen molar-refractivity contribution in [2.45, 2.75) is 38.7 Å². The van der Waals surface area contributed by atoms with E-state index in [9.17, 15) is 14.7 Å². The Morgan fingerprint density at radius 1 is 1.23 bits per heavy atom. The van der Waals surface area contributed by atoms with Crippen molar-refractivity contribution in [3.63, 3.8) is 0 Å². The summed E-state index contributed by atoms with van der Waals surface area (Å²) in [7, 11) is 0. The van der Waals surface area contributed by atoms with E-state index in [-0.39, 0.29) is 17.2 Å². The summed E-state index contributed by atoms with van der Waals surface area (Å²) in [5.74, 6) is -1.04. The molecule has 1 aliphatic heterocycles. The third kappa shape index (κ3) is 4.22. The third-order valence-electron chi connectivity index (χ3n) is 3.73. The van der Waals surface area contributed by atoms with Crippen LogP contribution in [0.3, 0.4) is 0 Å². The maximum Gasteiger partial charge on any atom is 0.342 e. The van der Waals surface area contributed by atoms with Crippen LogP contribution in [0.15, 0.2) is 22.7 Å². The molecule has 6 heteroatoms. The van der Waals surface area contributed by atoms with Gasteiger partial charge in [0, 0.05) is 17.6 Å². The van der Waals surface area contributed by atoms with Crippen molar-refractivity contribution in [3.05, 3.63) is 28.2 Å². The monoisotopic (exact) mass is 369 g/mol. The number of hydrogen-bond donors (Lipinski definition) is 1. The Kier molecular flexibility index (Phi) is 5.83. The normalized spacial score (nSPS) is 16.7. The minimum atomic E-state index is -0.857. The number of hydrogen-bond acceptors (Lipinski definition) is 4. The average Bonchev–Trinajstić information content (AvgIpc) is 2.77. The Hall–Kier alpha value is -1.56. The lowest BCUT2D eigenvalue weighted by atomic mass is 10.2. The van der Waals surface area contributed by atoms with Crippen LogP contribution in [0.1, 0.15) is 43.0 Å². The largest absolute Gasteiger partial charge is 0.507 e. The van der Waals surface area contributed by atoms with Crippen molar-refractivity contribution in [1.82, 2.24) is 4.90 Å². The molecular weight excluding hydrogens is 350 g/mol. The van der Waals surface area contributed by atoms with E-state index < -0.39 is 12.1 Å². The van der Waals surface area contributed by atoms with Gasteiger partial charge in [-0.05, 0) is 38.0 Å². The topological polar surface area (TPSA) is 66.8 Å². The molecule has 1 aliphatic rings. The van der Waals surface area contributed by atoms with E-state index in [1.165, 1.54) is 12.1 Å². The molecule has 1 aromatic rings. The maximum atomic E-state index is 12.3. The van der Waals surface area contributed by atoms with Gasteiger partial charge in [0.2, 0.25) is 0 Å². The van der Waals surface area contributed by atoms with Crippen molar-refractivity contribution < 1.29 is 19.4 Å². The Morgan fingerprint density at radius 2 is 1.86 bits per heavy atom. The highest BCUT2D eigenvalue weighted by atomic mass is 79.9. The van der Waals surface area contributed by atoms with E-state index in [1.807, 2.05) is 0 Å². The van der Waals surface area contributed by atoms with Crippen molar-refractivity contribution >= 4 is 27.8 Å². The number of carbonyl (C=O) groups is 2. The van der Waals surface area contributed by atoms with Gasteiger partial charge in [0.1, 0.15) is 11.3 Å². The van der Waals surface area contributed by atoms with Gasteiger partial charge in [-0.25, -0.2) is 4.79 Å². The summed E-state index contributed by atoms with van der Waals surface area (Å²) < 4.78 is 5.87. The highest BCUT2D eigenvalue weighted by Crippen LogP contribution is 2.23. The fourth-order valence-corrected chi connectivity index (χ4v) is 2.86. The minimum absolute atomic E-state index is 0.0462. The van der Waals surface area contributed by atoms with Gasteiger partial charge in [-0.2, -0.15) is 0 Å². The predicted molar refractivity (Wildman–Crippen MR) is 85.7 cm³/mol. The summed E-state index contributed by atoms with van der Waals surface area (Å²) in [6.07, 6.45) is 3.37. The van der Waals surface area contributed by atoms with Crippen molar-refractivity contribution in [2.24, 2.45) is 0 Å². The van der Waals surface area contributed by atoms with E-state index in [1.54, 1.807) is 17.9 Å². The van der Waals surface area contributed by atoms with E-state index in [0.29, 0.717) is 17.6 Å². The van der Waals surface area contributed by atoms with Crippen molar-refractivity contribution in [3.8, 4) is 5.75 Å². The zero-order valence-corrected chi connectivity index (χ0v) is 14.1. The number of ether oxygens (including phenoxy) is 1. The molecule has 1 atom stereocenters. The van der Waals surface area contributed by atoms with Gasteiger partial charge in [-0.3, -0.25) is 4.79 Å². The first-order valence-corrected chi connectivity index (χ1v) is 8.26. The number of nitrogens with zero attached hydrogens (tertiary/aromatic N) is 1. The molecule has 0 saturated carbocycles. The second-order valence-corrected chi connectivity index (χ2v) is 6.36. The van der Waals surface area contributed by atoms with Gasteiger partial charge < -0.3 is 14.7 Å². The quantitative estimate of drug-likeness (QED) is 0.831. The van der Waals surface area contributed by atoms with Gasteiger partial charge >= 0.3 is 5.97 Å². The molecule has 1 saturated heterocycles. The maximum absolute atomic E-state index is 12.3. The first kappa shape index (κ1) is 16.8. The van der Waals surface area contributed by atoms with Crippen LogP contribution in [0, 0.1) is 0 Å². The summed E-state index contributed by atoms with van der Waals surface area (Å²) in [4.78, 5) is 26.2. The summed E-state index contributed by atoms with van der Waals surface area (Å²) in [5.41, 5.74) is 0.0462. The Bertz CT molecular complexity index is 553.